The molecular formula is C17H17NO. The van der Waals surface area contributed by atoms with Crippen LogP contribution in [0.15, 0.2) is 48.5 Å². The zero-order chi connectivity index (χ0) is 13.4. The van der Waals surface area contributed by atoms with E-state index in [0.717, 1.165) is 5.75 Å². The van der Waals surface area contributed by atoms with Crippen LogP contribution in [0.4, 0.5) is 0 Å². The van der Waals surface area contributed by atoms with E-state index in [-0.39, 0.29) is 0 Å². The molecule has 0 N–H and O–H groups in total. The fraction of sp³-hybridized carbons (Fsp3) is 0.176. The standard InChI is InChI=1S/C17H17NO/c1-12-4-6-13(7-5-12)17-11-14-10-15(19-3)8-9-16(14)18(17)2/h4-11H,1-3H3. The van der Waals surface area contributed by atoms with Gasteiger partial charge in [-0.2, -0.15) is 0 Å². The van der Waals surface area contributed by atoms with Crippen molar-refractivity contribution in [1.29, 1.82) is 0 Å². The molecule has 0 aliphatic heterocycles. The molecule has 0 saturated carbocycles. The molecule has 2 aromatic carbocycles. The van der Waals surface area contributed by atoms with Gasteiger partial charge >= 0.3 is 0 Å². The summed E-state index contributed by atoms with van der Waals surface area (Å²) in [7, 11) is 3.80. The van der Waals surface area contributed by atoms with Gasteiger partial charge in [0.2, 0.25) is 0 Å². The van der Waals surface area contributed by atoms with Crippen LogP contribution in [0.2, 0.25) is 0 Å². The lowest BCUT2D eigenvalue weighted by Gasteiger charge is -2.05. The first-order valence-electron chi connectivity index (χ1n) is 6.39. The minimum atomic E-state index is 0.897. The SMILES string of the molecule is COc1ccc2c(c1)cc(-c1ccc(C)cc1)n2C. The number of rotatable bonds is 2. The lowest BCUT2D eigenvalue weighted by molar-refractivity contribution is 0.415. The maximum absolute atomic E-state index is 5.28. The van der Waals surface area contributed by atoms with Crippen LogP contribution in [-0.4, -0.2) is 11.7 Å². The first kappa shape index (κ1) is 11.8. The molecule has 0 aliphatic carbocycles. The van der Waals surface area contributed by atoms with Crippen molar-refractivity contribution in [2.75, 3.05) is 7.11 Å². The van der Waals surface area contributed by atoms with Gasteiger partial charge in [0.25, 0.3) is 0 Å². The highest BCUT2D eigenvalue weighted by Gasteiger charge is 2.08. The monoisotopic (exact) mass is 251 g/mol. The number of ether oxygens (including phenoxy) is 1. The zero-order valence-electron chi connectivity index (χ0n) is 11.5. The molecule has 1 aromatic heterocycles. The molecule has 0 amide bonds. The van der Waals surface area contributed by atoms with E-state index >= 15 is 0 Å². The molecule has 0 saturated heterocycles. The van der Waals surface area contributed by atoms with Crippen LogP contribution in [0.3, 0.4) is 0 Å². The van der Waals surface area contributed by atoms with Crippen molar-refractivity contribution < 1.29 is 4.74 Å². The van der Waals surface area contributed by atoms with E-state index in [1.54, 1.807) is 7.11 Å². The van der Waals surface area contributed by atoms with Crippen LogP contribution >= 0.6 is 0 Å². The summed E-state index contributed by atoms with van der Waals surface area (Å²) in [5.74, 6) is 0.897. The summed E-state index contributed by atoms with van der Waals surface area (Å²) in [6.45, 7) is 2.11. The first-order chi connectivity index (χ1) is 9.19. The van der Waals surface area contributed by atoms with Crippen LogP contribution < -0.4 is 4.74 Å². The molecule has 0 atom stereocenters. The van der Waals surface area contributed by atoms with E-state index in [1.165, 1.54) is 27.7 Å². The molecule has 3 aromatic rings. The predicted molar refractivity (Wildman–Crippen MR) is 79.6 cm³/mol. The Balaban J connectivity index is 2.19. The predicted octanol–water partition coefficient (Wildman–Crippen LogP) is 4.16. The summed E-state index contributed by atoms with van der Waals surface area (Å²) in [6, 6.07) is 17.0. The second-order valence-electron chi connectivity index (χ2n) is 4.88. The minimum Gasteiger partial charge on any atom is -0.497 e. The number of nitrogens with zero attached hydrogens (tertiary/aromatic N) is 1. The van der Waals surface area contributed by atoms with Gasteiger partial charge in [0.1, 0.15) is 5.75 Å². The van der Waals surface area contributed by atoms with Crippen molar-refractivity contribution in [3.8, 4) is 17.0 Å². The molecule has 2 nitrogen and oxygen atoms in total. The van der Waals surface area contributed by atoms with Crippen molar-refractivity contribution >= 4 is 10.9 Å². The topological polar surface area (TPSA) is 14.2 Å². The molecule has 2 heteroatoms. The average molecular weight is 251 g/mol. The molecule has 0 aliphatic rings. The molecule has 96 valence electrons. The molecule has 0 spiro atoms. The smallest absolute Gasteiger partial charge is 0.119 e. The largest absolute Gasteiger partial charge is 0.497 e. The van der Waals surface area contributed by atoms with Gasteiger partial charge in [0, 0.05) is 23.6 Å². The van der Waals surface area contributed by atoms with E-state index in [1.807, 2.05) is 6.07 Å². The molecule has 0 bridgehead atoms. The van der Waals surface area contributed by atoms with E-state index in [0.29, 0.717) is 0 Å². The van der Waals surface area contributed by atoms with Crippen molar-refractivity contribution in [2.45, 2.75) is 6.92 Å². The fourth-order valence-electron chi connectivity index (χ4n) is 2.46. The van der Waals surface area contributed by atoms with Crippen molar-refractivity contribution in [2.24, 2.45) is 7.05 Å². The molecule has 0 fully saturated rings. The van der Waals surface area contributed by atoms with Gasteiger partial charge in [0.15, 0.2) is 0 Å². The van der Waals surface area contributed by atoms with E-state index in [9.17, 15) is 0 Å². The van der Waals surface area contributed by atoms with E-state index in [2.05, 4.69) is 61.0 Å². The highest BCUT2D eigenvalue weighted by molar-refractivity contribution is 5.88. The molecule has 19 heavy (non-hydrogen) atoms. The molecular weight excluding hydrogens is 234 g/mol. The van der Waals surface area contributed by atoms with Crippen LogP contribution in [0.5, 0.6) is 5.75 Å². The van der Waals surface area contributed by atoms with Crippen molar-refractivity contribution in [3.63, 3.8) is 0 Å². The van der Waals surface area contributed by atoms with Gasteiger partial charge in [-0.15, -0.1) is 0 Å². The van der Waals surface area contributed by atoms with Crippen LogP contribution in [0.1, 0.15) is 5.56 Å². The third-order valence-electron chi connectivity index (χ3n) is 3.60. The summed E-state index contributed by atoms with van der Waals surface area (Å²) in [5.41, 5.74) is 4.96. The second-order valence-corrected chi connectivity index (χ2v) is 4.88. The average Bonchev–Trinajstić information content (AvgIpc) is 2.76. The van der Waals surface area contributed by atoms with Gasteiger partial charge in [0.05, 0.1) is 7.11 Å². The number of hydrogen-bond donors (Lipinski definition) is 0. The minimum absolute atomic E-state index is 0.897. The molecule has 0 radical (unpaired) electrons. The Bertz CT molecular complexity index is 723. The molecule has 3 rings (SSSR count). The maximum atomic E-state index is 5.28. The second kappa shape index (κ2) is 4.47. The Morgan fingerprint density at radius 1 is 0.947 bits per heavy atom. The molecule has 1 heterocycles. The quantitative estimate of drug-likeness (QED) is 0.667. The fourth-order valence-corrected chi connectivity index (χ4v) is 2.46. The summed E-state index contributed by atoms with van der Waals surface area (Å²) in [4.78, 5) is 0. The van der Waals surface area contributed by atoms with Crippen LogP contribution in [-0.2, 0) is 7.05 Å². The number of hydrogen-bond acceptors (Lipinski definition) is 1. The third-order valence-corrected chi connectivity index (χ3v) is 3.60. The maximum Gasteiger partial charge on any atom is 0.119 e. The summed E-state index contributed by atoms with van der Waals surface area (Å²) >= 11 is 0. The summed E-state index contributed by atoms with van der Waals surface area (Å²) < 4.78 is 7.51. The van der Waals surface area contributed by atoms with Crippen LogP contribution in [0.25, 0.3) is 22.2 Å². The highest BCUT2D eigenvalue weighted by atomic mass is 16.5. The van der Waals surface area contributed by atoms with Gasteiger partial charge in [-0.25, -0.2) is 0 Å². The lowest BCUT2D eigenvalue weighted by atomic mass is 10.1. The Labute approximate surface area is 113 Å². The van der Waals surface area contributed by atoms with Crippen LogP contribution in [0, 0.1) is 6.92 Å². The number of aryl methyl sites for hydroxylation is 2. The van der Waals surface area contributed by atoms with Gasteiger partial charge in [-0.05, 0) is 36.8 Å². The Hall–Kier alpha value is -2.22. The normalized spacial score (nSPS) is 10.9. The lowest BCUT2D eigenvalue weighted by Crippen LogP contribution is -1.91. The number of benzene rings is 2. The van der Waals surface area contributed by atoms with Gasteiger partial charge < -0.3 is 9.30 Å². The first-order valence-corrected chi connectivity index (χ1v) is 6.39. The summed E-state index contributed by atoms with van der Waals surface area (Å²) in [6.07, 6.45) is 0. The number of aromatic nitrogens is 1. The summed E-state index contributed by atoms with van der Waals surface area (Å²) in [5, 5.41) is 1.21. The Morgan fingerprint density at radius 2 is 1.68 bits per heavy atom. The van der Waals surface area contributed by atoms with Crippen molar-refractivity contribution in [1.82, 2.24) is 4.57 Å². The molecule has 0 unspecified atom stereocenters. The Morgan fingerprint density at radius 3 is 2.37 bits per heavy atom. The van der Waals surface area contributed by atoms with Gasteiger partial charge in [-0.1, -0.05) is 29.8 Å². The van der Waals surface area contributed by atoms with Gasteiger partial charge in [-0.3, -0.25) is 0 Å². The Kier molecular flexibility index (Phi) is 2.79. The third kappa shape index (κ3) is 1.99. The van der Waals surface area contributed by atoms with E-state index in [4.69, 9.17) is 4.74 Å². The zero-order valence-corrected chi connectivity index (χ0v) is 11.5. The number of methoxy groups -OCH3 is 1. The highest BCUT2D eigenvalue weighted by Crippen LogP contribution is 2.29. The van der Waals surface area contributed by atoms with Crippen molar-refractivity contribution in [3.05, 3.63) is 54.1 Å². The van der Waals surface area contributed by atoms with E-state index < -0.39 is 0 Å². The number of fused-ring (bicyclic) bond motifs is 1.